The zero-order valence-corrected chi connectivity index (χ0v) is 17.2. The summed E-state index contributed by atoms with van der Waals surface area (Å²) >= 11 is 0. The summed E-state index contributed by atoms with van der Waals surface area (Å²) in [6.45, 7) is 14.0. The molecule has 0 radical (unpaired) electrons. The van der Waals surface area contributed by atoms with Gasteiger partial charge in [0.25, 0.3) is 0 Å². The van der Waals surface area contributed by atoms with Crippen molar-refractivity contribution in [1.82, 2.24) is 5.32 Å². The van der Waals surface area contributed by atoms with Crippen molar-refractivity contribution in [3.05, 3.63) is 70.8 Å². The molecule has 0 spiro atoms. The Kier molecular flexibility index (Phi) is 7.02. The van der Waals surface area contributed by atoms with E-state index in [4.69, 9.17) is 5.73 Å². The van der Waals surface area contributed by atoms with E-state index in [0.29, 0.717) is 12.0 Å². The van der Waals surface area contributed by atoms with Crippen molar-refractivity contribution in [2.45, 2.75) is 60.5 Å². The quantitative estimate of drug-likeness (QED) is 0.694. The van der Waals surface area contributed by atoms with Gasteiger partial charge in [-0.25, -0.2) is 0 Å². The lowest BCUT2D eigenvalue weighted by Gasteiger charge is -2.26. The van der Waals surface area contributed by atoms with E-state index in [1.54, 1.807) is 0 Å². The van der Waals surface area contributed by atoms with Crippen molar-refractivity contribution in [1.29, 1.82) is 0 Å². The van der Waals surface area contributed by atoms with Crippen LogP contribution in [0.25, 0.3) is 0 Å². The fourth-order valence-electron chi connectivity index (χ4n) is 3.51. The van der Waals surface area contributed by atoms with Crippen LogP contribution in [0.2, 0.25) is 0 Å². The molecular weight excluding hydrogens is 316 g/mol. The van der Waals surface area contributed by atoms with Gasteiger partial charge in [-0.3, -0.25) is 0 Å². The molecule has 0 unspecified atom stereocenters. The zero-order chi connectivity index (χ0) is 19.2. The van der Waals surface area contributed by atoms with E-state index in [9.17, 15) is 0 Å². The Labute approximate surface area is 160 Å². The van der Waals surface area contributed by atoms with Gasteiger partial charge in [-0.05, 0) is 45.9 Å². The predicted molar refractivity (Wildman–Crippen MR) is 113 cm³/mol. The Balaban J connectivity index is 1.91. The fraction of sp³-hybridized carbons (Fsp3) is 0.500. The molecule has 0 aliphatic carbocycles. The summed E-state index contributed by atoms with van der Waals surface area (Å²) in [6, 6.07) is 17.5. The van der Waals surface area contributed by atoms with E-state index in [2.05, 4.69) is 88.5 Å². The lowest BCUT2D eigenvalue weighted by Crippen LogP contribution is -2.31. The van der Waals surface area contributed by atoms with E-state index < -0.39 is 0 Å². The van der Waals surface area contributed by atoms with Crippen LogP contribution in [0, 0.1) is 10.8 Å². The monoisotopic (exact) mass is 352 g/mol. The minimum Gasteiger partial charge on any atom is -0.326 e. The molecule has 0 fully saturated rings. The van der Waals surface area contributed by atoms with Gasteiger partial charge in [0.1, 0.15) is 0 Å². The van der Waals surface area contributed by atoms with Gasteiger partial charge in [0, 0.05) is 19.6 Å². The molecule has 142 valence electrons. The van der Waals surface area contributed by atoms with Gasteiger partial charge in [-0.2, -0.15) is 0 Å². The highest BCUT2D eigenvalue weighted by Gasteiger charge is 2.19. The van der Waals surface area contributed by atoms with Gasteiger partial charge in [0.05, 0.1) is 0 Å². The molecule has 0 aliphatic rings. The molecule has 2 nitrogen and oxygen atoms in total. The average Bonchev–Trinajstić information content (AvgIpc) is 2.53. The SMILES string of the molecule is CC(C)(C)Cc1cccc(CNCC(C)(C)Cc2ccccc2CN)c1. The molecule has 0 amide bonds. The first-order valence-corrected chi connectivity index (χ1v) is 9.74. The van der Waals surface area contributed by atoms with E-state index in [1.807, 2.05) is 0 Å². The molecule has 2 aromatic rings. The van der Waals surface area contributed by atoms with Crippen molar-refractivity contribution in [2.24, 2.45) is 16.6 Å². The molecule has 2 rings (SSSR count). The normalized spacial score (nSPS) is 12.4. The molecule has 0 aromatic heterocycles. The molecule has 0 aliphatic heterocycles. The van der Waals surface area contributed by atoms with Gasteiger partial charge < -0.3 is 11.1 Å². The van der Waals surface area contributed by atoms with Crippen molar-refractivity contribution in [3.8, 4) is 0 Å². The third-order valence-corrected chi connectivity index (χ3v) is 4.67. The molecule has 0 bridgehead atoms. The van der Waals surface area contributed by atoms with Gasteiger partial charge in [-0.1, -0.05) is 83.1 Å². The predicted octanol–water partition coefficient (Wildman–Crippen LogP) is 5.09. The largest absolute Gasteiger partial charge is 0.326 e. The number of nitrogens with two attached hydrogens (primary N) is 1. The maximum absolute atomic E-state index is 5.89. The van der Waals surface area contributed by atoms with E-state index in [0.717, 1.165) is 25.9 Å². The van der Waals surface area contributed by atoms with Crippen LogP contribution in [0.5, 0.6) is 0 Å². The van der Waals surface area contributed by atoms with E-state index in [1.165, 1.54) is 22.3 Å². The molecule has 0 saturated carbocycles. The number of hydrogen-bond donors (Lipinski definition) is 2. The Morgan fingerprint density at radius 2 is 1.46 bits per heavy atom. The number of rotatable bonds is 8. The van der Waals surface area contributed by atoms with Crippen LogP contribution < -0.4 is 11.1 Å². The second-order valence-electron chi connectivity index (χ2n) is 9.47. The Morgan fingerprint density at radius 3 is 2.12 bits per heavy atom. The average molecular weight is 353 g/mol. The summed E-state index contributed by atoms with van der Waals surface area (Å²) in [4.78, 5) is 0. The molecule has 2 heteroatoms. The van der Waals surface area contributed by atoms with Crippen molar-refractivity contribution >= 4 is 0 Å². The second kappa shape index (κ2) is 8.83. The highest BCUT2D eigenvalue weighted by Crippen LogP contribution is 2.24. The van der Waals surface area contributed by atoms with Crippen LogP contribution in [0.3, 0.4) is 0 Å². The van der Waals surface area contributed by atoms with Gasteiger partial charge >= 0.3 is 0 Å². The van der Waals surface area contributed by atoms with Crippen LogP contribution >= 0.6 is 0 Å². The molecule has 0 heterocycles. The Morgan fingerprint density at radius 1 is 0.808 bits per heavy atom. The summed E-state index contributed by atoms with van der Waals surface area (Å²) in [7, 11) is 0. The minimum atomic E-state index is 0.189. The van der Waals surface area contributed by atoms with E-state index in [-0.39, 0.29) is 5.41 Å². The third kappa shape index (κ3) is 6.93. The summed E-state index contributed by atoms with van der Waals surface area (Å²) in [5, 5.41) is 3.66. The second-order valence-corrected chi connectivity index (χ2v) is 9.47. The number of benzene rings is 2. The highest BCUT2D eigenvalue weighted by atomic mass is 14.9. The molecule has 3 N–H and O–H groups in total. The summed E-state index contributed by atoms with van der Waals surface area (Å²) in [5.74, 6) is 0. The van der Waals surface area contributed by atoms with Crippen LogP contribution in [-0.4, -0.2) is 6.54 Å². The van der Waals surface area contributed by atoms with Crippen LogP contribution in [-0.2, 0) is 25.9 Å². The maximum atomic E-state index is 5.89. The molecule has 0 atom stereocenters. The molecule has 0 saturated heterocycles. The molecular formula is C24H36N2. The standard InChI is InChI=1S/C24H36N2/c1-23(2,3)14-19-9-8-10-20(13-19)17-26-18-24(4,5)15-21-11-6-7-12-22(21)16-25/h6-13,26H,14-18,25H2,1-5H3. The zero-order valence-electron chi connectivity index (χ0n) is 17.2. The van der Waals surface area contributed by atoms with Crippen molar-refractivity contribution < 1.29 is 0 Å². The molecule has 2 aromatic carbocycles. The Hall–Kier alpha value is -1.64. The smallest absolute Gasteiger partial charge is 0.0205 e. The maximum Gasteiger partial charge on any atom is 0.0205 e. The van der Waals surface area contributed by atoms with Gasteiger partial charge in [0.2, 0.25) is 0 Å². The lowest BCUT2D eigenvalue weighted by molar-refractivity contribution is 0.336. The summed E-state index contributed by atoms with van der Waals surface area (Å²) < 4.78 is 0. The fourth-order valence-corrected chi connectivity index (χ4v) is 3.51. The summed E-state index contributed by atoms with van der Waals surface area (Å²) in [5.41, 5.74) is 11.8. The number of nitrogens with one attached hydrogen (secondary N) is 1. The van der Waals surface area contributed by atoms with Crippen LogP contribution in [0.1, 0.15) is 56.9 Å². The first-order chi connectivity index (χ1) is 12.2. The number of hydrogen-bond acceptors (Lipinski definition) is 2. The van der Waals surface area contributed by atoms with Gasteiger partial charge in [-0.15, -0.1) is 0 Å². The summed E-state index contributed by atoms with van der Waals surface area (Å²) in [6.07, 6.45) is 2.15. The first-order valence-electron chi connectivity index (χ1n) is 9.74. The highest BCUT2D eigenvalue weighted by molar-refractivity contribution is 5.28. The van der Waals surface area contributed by atoms with Crippen LogP contribution in [0.15, 0.2) is 48.5 Å². The molecule has 26 heavy (non-hydrogen) atoms. The Bertz CT molecular complexity index is 695. The van der Waals surface area contributed by atoms with Crippen LogP contribution in [0.4, 0.5) is 0 Å². The third-order valence-electron chi connectivity index (χ3n) is 4.67. The van der Waals surface area contributed by atoms with Crippen molar-refractivity contribution in [3.63, 3.8) is 0 Å². The lowest BCUT2D eigenvalue weighted by atomic mass is 9.84. The topological polar surface area (TPSA) is 38.0 Å². The van der Waals surface area contributed by atoms with Gasteiger partial charge in [0.15, 0.2) is 0 Å². The minimum absolute atomic E-state index is 0.189. The van der Waals surface area contributed by atoms with Crippen molar-refractivity contribution in [2.75, 3.05) is 6.54 Å². The first kappa shape index (κ1) is 20.7. The van der Waals surface area contributed by atoms with E-state index >= 15 is 0 Å².